The maximum atomic E-state index is 12.8. The van der Waals surface area contributed by atoms with E-state index in [0.717, 1.165) is 19.3 Å². The molecule has 4 rings (SSSR count). The number of nitrogens with zero attached hydrogens (tertiary/aromatic N) is 5. The van der Waals surface area contributed by atoms with E-state index < -0.39 is 5.54 Å². The fraction of sp³-hybridized carbons (Fsp3) is 0.350. The van der Waals surface area contributed by atoms with Crippen LogP contribution in [0, 0.1) is 11.3 Å². The standard InChI is InChI=1S/C20H19ClN6O2/c21-14-5-4-6-15(9-14)27-18-16(10-24-27)19(29)26(13-23-18)11-17(28)25-20(12-22)7-2-1-3-8-20/h4-6,9-10,13H,1-3,7-8,11H2,(H,25,28). The van der Waals surface area contributed by atoms with Crippen LogP contribution in [0.5, 0.6) is 0 Å². The number of nitriles is 1. The Bertz CT molecular complexity index is 1170. The van der Waals surface area contributed by atoms with Gasteiger partial charge < -0.3 is 5.32 Å². The number of fused-ring (bicyclic) bond motifs is 1. The van der Waals surface area contributed by atoms with Gasteiger partial charge in [-0.3, -0.25) is 14.2 Å². The maximum absolute atomic E-state index is 12.8. The highest BCUT2D eigenvalue weighted by Crippen LogP contribution is 2.27. The van der Waals surface area contributed by atoms with Crippen LogP contribution >= 0.6 is 11.6 Å². The minimum Gasteiger partial charge on any atom is -0.336 e. The van der Waals surface area contributed by atoms with E-state index in [4.69, 9.17) is 11.6 Å². The topological polar surface area (TPSA) is 106 Å². The van der Waals surface area contributed by atoms with Gasteiger partial charge in [-0.05, 0) is 31.0 Å². The summed E-state index contributed by atoms with van der Waals surface area (Å²) in [6.07, 6.45) is 6.90. The molecule has 9 heteroatoms. The zero-order valence-corrected chi connectivity index (χ0v) is 16.4. The molecule has 3 aromatic rings. The normalized spacial score (nSPS) is 15.7. The molecule has 8 nitrogen and oxygen atoms in total. The molecule has 1 aliphatic rings. The fourth-order valence-electron chi connectivity index (χ4n) is 3.74. The molecule has 1 saturated carbocycles. The Balaban J connectivity index is 1.59. The summed E-state index contributed by atoms with van der Waals surface area (Å²) in [5.74, 6) is -0.376. The van der Waals surface area contributed by atoms with Crippen LogP contribution in [0.15, 0.2) is 41.6 Å². The van der Waals surface area contributed by atoms with E-state index in [1.807, 2.05) is 6.07 Å². The minimum absolute atomic E-state index is 0.201. The minimum atomic E-state index is -0.839. The van der Waals surface area contributed by atoms with E-state index in [1.165, 1.54) is 21.8 Å². The van der Waals surface area contributed by atoms with Gasteiger partial charge in [-0.15, -0.1) is 0 Å². The molecule has 148 valence electrons. The van der Waals surface area contributed by atoms with E-state index in [9.17, 15) is 14.9 Å². The van der Waals surface area contributed by atoms with E-state index in [0.29, 0.717) is 34.6 Å². The van der Waals surface area contributed by atoms with Crippen molar-refractivity contribution in [2.24, 2.45) is 0 Å². The lowest BCUT2D eigenvalue weighted by Crippen LogP contribution is -2.50. The van der Waals surface area contributed by atoms with Crippen molar-refractivity contribution in [1.29, 1.82) is 5.26 Å². The van der Waals surface area contributed by atoms with Crippen LogP contribution in [0.4, 0.5) is 0 Å². The predicted octanol–water partition coefficient (Wildman–Crippen LogP) is 2.58. The number of carbonyl (C=O) groups is 1. The molecule has 0 aliphatic heterocycles. The van der Waals surface area contributed by atoms with Crippen molar-refractivity contribution in [3.05, 3.63) is 52.2 Å². The Labute approximate surface area is 171 Å². The number of hydrogen-bond donors (Lipinski definition) is 1. The molecular weight excluding hydrogens is 392 g/mol. The second-order valence-corrected chi connectivity index (χ2v) is 7.69. The molecule has 2 aromatic heterocycles. The molecule has 0 saturated heterocycles. The average Bonchev–Trinajstić information content (AvgIpc) is 3.16. The smallest absolute Gasteiger partial charge is 0.264 e. The van der Waals surface area contributed by atoms with E-state index in [-0.39, 0.29) is 18.0 Å². The zero-order chi connectivity index (χ0) is 20.4. The van der Waals surface area contributed by atoms with Crippen LogP contribution in [0.3, 0.4) is 0 Å². The Kier molecular flexibility index (Phi) is 5.07. The number of hydrogen-bond acceptors (Lipinski definition) is 5. The molecule has 0 radical (unpaired) electrons. The lowest BCUT2D eigenvalue weighted by molar-refractivity contribution is -0.123. The molecule has 1 aliphatic carbocycles. The zero-order valence-electron chi connectivity index (χ0n) is 15.6. The number of benzene rings is 1. The van der Waals surface area contributed by atoms with Crippen LogP contribution in [0.1, 0.15) is 32.1 Å². The first-order chi connectivity index (χ1) is 14.0. The highest BCUT2D eigenvalue weighted by atomic mass is 35.5. The highest BCUT2D eigenvalue weighted by molar-refractivity contribution is 6.30. The first-order valence-electron chi connectivity index (χ1n) is 9.43. The van der Waals surface area contributed by atoms with Crippen LogP contribution in [-0.2, 0) is 11.3 Å². The number of rotatable bonds is 4. The number of halogens is 1. The van der Waals surface area contributed by atoms with Gasteiger partial charge in [0.1, 0.15) is 23.8 Å². The summed E-state index contributed by atoms with van der Waals surface area (Å²) < 4.78 is 2.76. The van der Waals surface area contributed by atoms with Crippen molar-refractivity contribution in [3.63, 3.8) is 0 Å². The first kappa shape index (κ1) is 19.2. The summed E-state index contributed by atoms with van der Waals surface area (Å²) in [5.41, 5.74) is -0.139. The predicted molar refractivity (Wildman–Crippen MR) is 108 cm³/mol. The summed E-state index contributed by atoms with van der Waals surface area (Å²) >= 11 is 6.04. The van der Waals surface area contributed by atoms with Gasteiger partial charge in [0.05, 0.1) is 18.0 Å². The van der Waals surface area contributed by atoms with Crippen LogP contribution in [-0.4, -0.2) is 30.8 Å². The largest absolute Gasteiger partial charge is 0.336 e. The van der Waals surface area contributed by atoms with Crippen LogP contribution in [0.25, 0.3) is 16.7 Å². The summed E-state index contributed by atoms with van der Waals surface area (Å²) in [5, 5.41) is 17.4. The van der Waals surface area contributed by atoms with Crippen LogP contribution < -0.4 is 10.9 Å². The van der Waals surface area contributed by atoms with Gasteiger partial charge in [0, 0.05) is 5.02 Å². The van der Waals surface area contributed by atoms with Crippen LogP contribution in [0.2, 0.25) is 5.02 Å². The van der Waals surface area contributed by atoms with Crippen molar-refractivity contribution in [2.75, 3.05) is 0 Å². The number of aromatic nitrogens is 4. The summed E-state index contributed by atoms with van der Waals surface area (Å²) in [7, 11) is 0. The second kappa shape index (κ2) is 7.68. The molecule has 2 heterocycles. The van der Waals surface area contributed by atoms with Crippen molar-refractivity contribution in [1.82, 2.24) is 24.6 Å². The number of carbonyl (C=O) groups excluding carboxylic acids is 1. The molecule has 0 spiro atoms. The molecule has 1 fully saturated rings. The third kappa shape index (κ3) is 3.74. The van der Waals surface area contributed by atoms with Gasteiger partial charge in [-0.25, -0.2) is 9.67 Å². The van der Waals surface area contributed by atoms with Crippen molar-refractivity contribution in [3.8, 4) is 11.8 Å². The van der Waals surface area contributed by atoms with Crippen molar-refractivity contribution in [2.45, 2.75) is 44.2 Å². The Hall–Kier alpha value is -3.18. The van der Waals surface area contributed by atoms with Gasteiger partial charge in [0.25, 0.3) is 5.56 Å². The van der Waals surface area contributed by atoms with E-state index >= 15 is 0 Å². The summed E-state index contributed by atoms with van der Waals surface area (Å²) in [6, 6.07) is 9.31. The van der Waals surface area contributed by atoms with Gasteiger partial charge in [-0.1, -0.05) is 36.9 Å². The fourth-order valence-corrected chi connectivity index (χ4v) is 3.92. The highest BCUT2D eigenvalue weighted by Gasteiger charge is 2.33. The average molecular weight is 411 g/mol. The molecule has 1 N–H and O–H groups in total. The first-order valence-corrected chi connectivity index (χ1v) is 9.80. The Morgan fingerprint density at radius 2 is 2.10 bits per heavy atom. The van der Waals surface area contributed by atoms with Crippen molar-refractivity contribution >= 4 is 28.5 Å². The second-order valence-electron chi connectivity index (χ2n) is 7.25. The molecule has 0 bridgehead atoms. The maximum Gasteiger partial charge on any atom is 0.264 e. The van der Waals surface area contributed by atoms with Crippen molar-refractivity contribution < 1.29 is 4.79 Å². The number of amides is 1. The lowest BCUT2D eigenvalue weighted by atomic mass is 9.83. The summed E-state index contributed by atoms with van der Waals surface area (Å²) in [4.78, 5) is 29.6. The lowest BCUT2D eigenvalue weighted by Gasteiger charge is -2.31. The molecule has 0 atom stereocenters. The molecular formula is C20H19ClN6O2. The SMILES string of the molecule is N#CC1(NC(=O)Cn2cnc3c(cnn3-c3cccc(Cl)c3)c2=O)CCCCC1. The third-order valence-electron chi connectivity index (χ3n) is 5.22. The molecule has 1 amide bonds. The third-order valence-corrected chi connectivity index (χ3v) is 5.46. The Morgan fingerprint density at radius 1 is 1.31 bits per heavy atom. The van der Waals surface area contributed by atoms with Gasteiger partial charge in [0.2, 0.25) is 5.91 Å². The molecule has 29 heavy (non-hydrogen) atoms. The van der Waals surface area contributed by atoms with Gasteiger partial charge in [0.15, 0.2) is 5.65 Å². The van der Waals surface area contributed by atoms with E-state index in [2.05, 4.69) is 21.5 Å². The van der Waals surface area contributed by atoms with E-state index in [1.54, 1.807) is 18.2 Å². The van der Waals surface area contributed by atoms with Gasteiger partial charge in [-0.2, -0.15) is 10.4 Å². The molecule has 0 unspecified atom stereocenters. The van der Waals surface area contributed by atoms with Gasteiger partial charge >= 0.3 is 0 Å². The Morgan fingerprint density at radius 3 is 2.83 bits per heavy atom. The summed E-state index contributed by atoms with van der Waals surface area (Å²) in [6.45, 7) is -0.201. The quantitative estimate of drug-likeness (QED) is 0.711. The number of nitrogens with one attached hydrogen (secondary N) is 1. The monoisotopic (exact) mass is 410 g/mol. The molecule has 1 aromatic carbocycles.